The van der Waals surface area contributed by atoms with Gasteiger partial charge in [-0.3, -0.25) is 14.9 Å². The van der Waals surface area contributed by atoms with Gasteiger partial charge in [0.05, 0.1) is 24.7 Å². The molecule has 0 bridgehead atoms. The highest BCUT2D eigenvalue weighted by Gasteiger charge is 2.24. The minimum absolute atomic E-state index is 0.148. The summed E-state index contributed by atoms with van der Waals surface area (Å²) >= 11 is 0. The number of nitrogens with zero attached hydrogens (tertiary/aromatic N) is 2. The maximum Gasteiger partial charge on any atom is 0.311 e. The van der Waals surface area contributed by atoms with E-state index in [0.717, 1.165) is 5.56 Å². The number of benzene rings is 2. The van der Waals surface area contributed by atoms with Crippen LogP contribution in [-0.2, 0) is 0 Å². The molecule has 7 nitrogen and oxygen atoms in total. The minimum atomic E-state index is -0.550. The zero-order valence-corrected chi connectivity index (χ0v) is 15.3. The first-order valence-corrected chi connectivity index (χ1v) is 8.22. The van der Waals surface area contributed by atoms with Gasteiger partial charge in [-0.25, -0.2) is 0 Å². The number of para-hydroxylation sites is 1. The lowest BCUT2D eigenvalue weighted by Crippen LogP contribution is -2.30. The second kappa shape index (κ2) is 8.33. The molecule has 0 saturated carbocycles. The molecular weight excluding hydrogens is 336 g/mol. The van der Waals surface area contributed by atoms with E-state index < -0.39 is 4.92 Å². The highest BCUT2D eigenvalue weighted by atomic mass is 16.6. The van der Waals surface area contributed by atoms with Crippen molar-refractivity contribution in [3.05, 3.63) is 63.7 Å². The van der Waals surface area contributed by atoms with Crippen LogP contribution in [0.25, 0.3) is 0 Å². The predicted octanol–water partition coefficient (Wildman–Crippen LogP) is 3.84. The molecule has 138 valence electrons. The van der Waals surface area contributed by atoms with Crippen LogP contribution >= 0.6 is 0 Å². The van der Waals surface area contributed by atoms with Crippen molar-refractivity contribution in [3.63, 3.8) is 0 Å². The van der Waals surface area contributed by atoms with E-state index in [9.17, 15) is 14.9 Å². The van der Waals surface area contributed by atoms with Crippen molar-refractivity contribution >= 4 is 11.6 Å². The molecule has 0 heterocycles. The maximum absolute atomic E-state index is 12.8. The molecule has 2 aromatic rings. The van der Waals surface area contributed by atoms with E-state index in [2.05, 4.69) is 0 Å². The Morgan fingerprint density at radius 2 is 1.92 bits per heavy atom. The molecule has 1 atom stereocenters. The Bertz CT molecular complexity index is 806. The van der Waals surface area contributed by atoms with Crippen molar-refractivity contribution in [2.45, 2.75) is 19.9 Å². The van der Waals surface area contributed by atoms with Gasteiger partial charge in [0.25, 0.3) is 5.91 Å². The predicted molar refractivity (Wildman–Crippen MR) is 97.8 cm³/mol. The molecule has 7 heteroatoms. The molecule has 0 N–H and O–H groups in total. The zero-order chi connectivity index (χ0) is 19.3. The average molecular weight is 358 g/mol. The van der Waals surface area contributed by atoms with Crippen LogP contribution in [-0.4, -0.2) is 36.5 Å². The largest absolute Gasteiger partial charge is 0.496 e. The van der Waals surface area contributed by atoms with Crippen molar-refractivity contribution in [3.8, 4) is 11.5 Å². The Balaban J connectivity index is 2.32. The Morgan fingerprint density at radius 3 is 2.54 bits per heavy atom. The molecule has 0 aliphatic heterocycles. The van der Waals surface area contributed by atoms with Crippen LogP contribution in [0.5, 0.6) is 11.5 Å². The fourth-order valence-corrected chi connectivity index (χ4v) is 2.67. The molecule has 0 fully saturated rings. The number of hydrogen-bond acceptors (Lipinski definition) is 5. The van der Waals surface area contributed by atoms with Gasteiger partial charge in [-0.2, -0.15) is 0 Å². The fraction of sp³-hybridized carbons (Fsp3) is 0.316. The van der Waals surface area contributed by atoms with E-state index in [4.69, 9.17) is 9.47 Å². The van der Waals surface area contributed by atoms with E-state index >= 15 is 0 Å². The molecule has 0 spiro atoms. The number of amides is 1. The average Bonchev–Trinajstić information content (AvgIpc) is 2.66. The van der Waals surface area contributed by atoms with E-state index in [1.807, 2.05) is 31.2 Å². The summed E-state index contributed by atoms with van der Waals surface area (Å²) in [5.41, 5.74) is 0.853. The highest BCUT2D eigenvalue weighted by molar-refractivity contribution is 5.95. The lowest BCUT2D eigenvalue weighted by atomic mass is 10.0. The second-order valence-electron chi connectivity index (χ2n) is 5.71. The molecule has 0 unspecified atom stereocenters. The molecule has 0 aliphatic rings. The SMILES string of the molecule is CCOc1ccc(C(=O)N(C)[C@H](C)c2ccccc2OC)cc1[N+](=O)[O-]. The lowest BCUT2D eigenvalue weighted by molar-refractivity contribution is -0.385. The van der Waals surface area contributed by atoms with Crippen molar-refractivity contribution in [1.29, 1.82) is 0 Å². The lowest BCUT2D eigenvalue weighted by Gasteiger charge is -2.26. The molecular formula is C19H22N2O5. The topological polar surface area (TPSA) is 81.9 Å². The number of hydrogen-bond donors (Lipinski definition) is 0. The fourth-order valence-electron chi connectivity index (χ4n) is 2.67. The third-order valence-electron chi connectivity index (χ3n) is 4.19. The number of rotatable bonds is 7. The van der Waals surface area contributed by atoms with E-state index in [0.29, 0.717) is 12.4 Å². The van der Waals surface area contributed by atoms with Crippen LogP contribution in [0.3, 0.4) is 0 Å². The first kappa shape index (κ1) is 19.2. The summed E-state index contributed by atoms with van der Waals surface area (Å²) in [5.74, 6) is 0.501. The van der Waals surface area contributed by atoms with Crippen molar-refractivity contribution in [2.75, 3.05) is 20.8 Å². The zero-order valence-electron chi connectivity index (χ0n) is 15.3. The normalized spacial score (nSPS) is 11.5. The van der Waals surface area contributed by atoms with Crippen LogP contribution in [0.1, 0.15) is 35.8 Å². The highest BCUT2D eigenvalue weighted by Crippen LogP contribution is 2.31. The van der Waals surface area contributed by atoms with Crippen LogP contribution in [0.15, 0.2) is 42.5 Å². The van der Waals surface area contributed by atoms with Gasteiger partial charge in [-0.1, -0.05) is 18.2 Å². The second-order valence-corrected chi connectivity index (χ2v) is 5.71. The van der Waals surface area contributed by atoms with Gasteiger partial charge in [0.15, 0.2) is 5.75 Å². The third kappa shape index (κ3) is 3.93. The standard InChI is InChI=1S/C19H22N2O5/c1-5-26-18-11-10-14(12-16(18)21(23)24)19(22)20(3)13(2)15-8-6-7-9-17(15)25-4/h6-13H,5H2,1-4H3/t13-/m1/s1. The number of carbonyl (C=O) groups is 1. The Kier molecular flexibility index (Phi) is 6.16. The van der Waals surface area contributed by atoms with E-state index in [-0.39, 0.29) is 28.9 Å². The van der Waals surface area contributed by atoms with E-state index in [1.54, 1.807) is 21.1 Å². The molecule has 0 radical (unpaired) electrons. The van der Waals surface area contributed by atoms with Gasteiger partial charge in [-0.15, -0.1) is 0 Å². The summed E-state index contributed by atoms with van der Waals surface area (Å²) in [5, 5.41) is 11.3. The quantitative estimate of drug-likeness (QED) is 0.555. The molecule has 1 amide bonds. The Hall–Kier alpha value is -3.09. The Labute approximate surface area is 152 Å². The van der Waals surface area contributed by atoms with Gasteiger partial charge in [0.1, 0.15) is 5.75 Å². The van der Waals surface area contributed by atoms with Crippen LogP contribution in [0, 0.1) is 10.1 Å². The summed E-state index contributed by atoms with van der Waals surface area (Å²) in [4.78, 5) is 25.1. The number of nitro benzene ring substituents is 1. The number of methoxy groups -OCH3 is 1. The number of ether oxygens (including phenoxy) is 2. The smallest absolute Gasteiger partial charge is 0.311 e. The van der Waals surface area contributed by atoms with Crippen molar-refractivity contribution < 1.29 is 19.2 Å². The molecule has 2 aromatic carbocycles. The summed E-state index contributed by atoms with van der Waals surface area (Å²) in [7, 11) is 3.23. The first-order valence-electron chi connectivity index (χ1n) is 8.22. The van der Waals surface area contributed by atoms with Gasteiger partial charge in [0, 0.05) is 24.2 Å². The third-order valence-corrected chi connectivity index (χ3v) is 4.19. The molecule has 0 saturated heterocycles. The van der Waals surface area contributed by atoms with Gasteiger partial charge >= 0.3 is 5.69 Å². The number of carbonyl (C=O) groups excluding carboxylic acids is 1. The summed E-state index contributed by atoms with van der Waals surface area (Å²) in [6.45, 7) is 3.92. The summed E-state index contributed by atoms with van der Waals surface area (Å²) in [6, 6.07) is 11.4. The summed E-state index contributed by atoms with van der Waals surface area (Å²) in [6.07, 6.45) is 0. The first-order chi connectivity index (χ1) is 12.4. The van der Waals surface area contributed by atoms with Crippen molar-refractivity contribution in [2.24, 2.45) is 0 Å². The van der Waals surface area contributed by atoms with Crippen LogP contribution in [0.2, 0.25) is 0 Å². The molecule has 26 heavy (non-hydrogen) atoms. The summed E-state index contributed by atoms with van der Waals surface area (Å²) < 4.78 is 10.6. The van der Waals surface area contributed by atoms with Crippen LogP contribution in [0.4, 0.5) is 5.69 Å². The monoisotopic (exact) mass is 358 g/mol. The van der Waals surface area contributed by atoms with Crippen molar-refractivity contribution in [1.82, 2.24) is 4.90 Å². The van der Waals surface area contributed by atoms with E-state index in [1.165, 1.54) is 23.1 Å². The maximum atomic E-state index is 12.8. The molecule has 0 aromatic heterocycles. The minimum Gasteiger partial charge on any atom is -0.496 e. The van der Waals surface area contributed by atoms with Crippen LogP contribution < -0.4 is 9.47 Å². The number of nitro groups is 1. The molecule has 0 aliphatic carbocycles. The van der Waals surface area contributed by atoms with Gasteiger partial charge < -0.3 is 14.4 Å². The van der Waals surface area contributed by atoms with Gasteiger partial charge in [0.2, 0.25) is 0 Å². The molecule has 2 rings (SSSR count). The Morgan fingerprint density at radius 1 is 1.23 bits per heavy atom. The van der Waals surface area contributed by atoms with Gasteiger partial charge in [-0.05, 0) is 32.0 Å².